The number of rotatable bonds is 5. The zero-order valence-corrected chi connectivity index (χ0v) is 13.2. The van der Waals surface area contributed by atoms with Crippen molar-refractivity contribution in [1.82, 2.24) is 9.97 Å². The Morgan fingerprint density at radius 3 is 2.70 bits per heavy atom. The topological polar surface area (TPSA) is 63.8 Å². The van der Waals surface area contributed by atoms with E-state index in [1.165, 1.54) is 32.1 Å². The predicted octanol–water partition coefficient (Wildman–Crippen LogP) is 3.05. The third-order valence-electron chi connectivity index (χ3n) is 4.08. The van der Waals surface area contributed by atoms with Crippen LogP contribution in [0, 0.1) is 18.8 Å². The van der Waals surface area contributed by atoms with Gasteiger partial charge in [-0.15, -0.1) is 0 Å². The minimum Gasteiger partial charge on any atom is -0.388 e. The largest absolute Gasteiger partial charge is 0.388 e. The van der Waals surface area contributed by atoms with Crippen LogP contribution >= 0.6 is 12.2 Å². The number of hydrogen-bond acceptors (Lipinski definition) is 4. The van der Waals surface area contributed by atoms with Crippen molar-refractivity contribution in [2.75, 3.05) is 11.9 Å². The second-order valence-electron chi connectivity index (χ2n) is 5.92. The highest BCUT2D eigenvalue weighted by molar-refractivity contribution is 7.80. The molecular weight excluding hydrogens is 268 g/mol. The van der Waals surface area contributed by atoms with Gasteiger partial charge in [0.25, 0.3) is 0 Å². The van der Waals surface area contributed by atoms with E-state index in [9.17, 15) is 0 Å². The molecule has 3 N–H and O–H groups in total. The smallest absolute Gasteiger partial charge is 0.223 e. The summed E-state index contributed by atoms with van der Waals surface area (Å²) >= 11 is 4.97. The summed E-state index contributed by atoms with van der Waals surface area (Å²) in [5.41, 5.74) is 7.15. The van der Waals surface area contributed by atoms with Crippen molar-refractivity contribution >= 4 is 23.2 Å². The van der Waals surface area contributed by atoms with Gasteiger partial charge in [-0.1, -0.05) is 44.8 Å². The molecule has 1 aliphatic carbocycles. The normalized spacial score (nSPS) is 22.5. The molecule has 2 rings (SSSR count). The van der Waals surface area contributed by atoms with Gasteiger partial charge in [-0.2, -0.15) is 0 Å². The van der Waals surface area contributed by atoms with Crippen LogP contribution in [0.15, 0.2) is 6.07 Å². The molecule has 0 saturated heterocycles. The first-order chi connectivity index (χ1) is 9.54. The minimum absolute atomic E-state index is 0.319. The van der Waals surface area contributed by atoms with Crippen LogP contribution in [-0.2, 0) is 0 Å². The van der Waals surface area contributed by atoms with E-state index < -0.39 is 0 Å². The molecule has 1 aromatic heterocycles. The summed E-state index contributed by atoms with van der Waals surface area (Å²) in [6, 6.07) is 1.82. The Bertz CT molecular complexity index is 467. The van der Waals surface area contributed by atoms with E-state index in [-0.39, 0.29) is 0 Å². The van der Waals surface area contributed by atoms with E-state index >= 15 is 0 Å². The van der Waals surface area contributed by atoms with Crippen molar-refractivity contribution in [1.29, 1.82) is 0 Å². The third-order valence-corrected chi connectivity index (χ3v) is 4.29. The van der Waals surface area contributed by atoms with E-state index in [0.29, 0.717) is 16.6 Å². The molecule has 5 heteroatoms. The molecule has 0 aromatic carbocycles. The van der Waals surface area contributed by atoms with E-state index in [1.54, 1.807) is 0 Å². The second-order valence-corrected chi connectivity index (χ2v) is 6.36. The highest BCUT2D eigenvalue weighted by atomic mass is 32.1. The van der Waals surface area contributed by atoms with Gasteiger partial charge in [0.15, 0.2) is 0 Å². The van der Waals surface area contributed by atoms with Crippen molar-refractivity contribution < 1.29 is 0 Å². The highest BCUT2D eigenvalue weighted by Gasteiger charge is 2.17. The number of nitrogens with two attached hydrogens (primary N) is 1. The van der Waals surface area contributed by atoms with Crippen molar-refractivity contribution in [3.05, 3.63) is 17.5 Å². The van der Waals surface area contributed by atoms with Gasteiger partial charge in [0, 0.05) is 12.2 Å². The lowest BCUT2D eigenvalue weighted by molar-refractivity contribution is 0.282. The van der Waals surface area contributed by atoms with Crippen LogP contribution in [0.4, 0.5) is 5.95 Å². The number of aryl methyl sites for hydroxylation is 1. The molecule has 110 valence electrons. The fraction of sp³-hybridized carbons (Fsp3) is 0.667. The third kappa shape index (κ3) is 4.40. The van der Waals surface area contributed by atoms with Gasteiger partial charge >= 0.3 is 0 Å². The summed E-state index contributed by atoms with van der Waals surface area (Å²) in [7, 11) is 0. The van der Waals surface area contributed by atoms with Crippen LogP contribution in [0.1, 0.15) is 50.4 Å². The number of nitrogens with zero attached hydrogens (tertiary/aromatic N) is 2. The quantitative estimate of drug-likeness (QED) is 0.817. The molecular formula is C15H24N4S. The van der Waals surface area contributed by atoms with Crippen molar-refractivity contribution in [3.63, 3.8) is 0 Å². The molecule has 1 fully saturated rings. The molecule has 0 bridgehead atoms. The molecule has 0 unspecified atom stereocenters. The first-order valence-corrected chi connectivity index (χ1v) is 7.84. The lowest BCUT2D eigenvalue weighted by Crippen LogP contribution is -2.18. The molecule has 0 spiro atoms. The Morgan fingerprint density at radius 1 is 1.35 bits per heavy atom. The Labute approximate surface area is 126 Å². The molecule has 1 aromatic rings. The molecule has 0 atom stereocenters. The second kappa shape index (κ2) is 6.97. The maximum atomic E-state index is 5.62. The maximum absolute atomic E-state index is 5.62. The SMILES string of the molecule is Cc1cc(C(N)=S)nc(NCCC2CCC(C)CC2)n1. The average Bonchev–Trinajstić information content (AvgIpc) is 2.40. The molecule has 0 aliphatic heterocycles. The fourth-order valence-corrected chi connectivity index (χ4v) is 2.88. The summed E-state index contributed by atoms with van der Waals surface area (Å²) < 4.78 is 0. The molecule has 0 amide bonds. The van der Waals surface area contributed by atoms with Crippen LogP contribution in [0.2, 0.25) is 0 Å². The summed E-state index contributed by atoms with van der Waals surface area (Å²) in [4.78, 5) is 9.03. The first-order valence-electron chi connectivity index (χ1n) is 7.44. The van der Waals surface area contributed by atoms with Gasteiger partial charge in [0.05, 0.1) is 0 Å². The van der Waals surface area contributed by atoms with E-state index in [0.717, 1.165) is 24.1 Å². The number of nitrogens with one attached hydrogen (secondary N) is 1. The van der Waals surface area contributed by atoms with Crippen LogP contribution in [0.5, 0.6) is 0 Å². The molecule has 4 nitrogen and oxygen atoms in total. The van der Waals surface area contributed by atoms with Gasteiger partial charge in [-0.05, 0) is 31.2 Å². The maximum Gasteiger partial charge on any atom is 0.223 e. The van der Waals surface area contributed by atoms with Crippen LogP contribution in [0.25, 0.3) is 0 Å². The van der Waals surface area contributed by atoms with Gasteiger partial charge in [-0.25, -0.2) is 9.97 Å². The van der Waals surface area contributed by atoms with Crippen LogP contribution < -0.4 is 11.1 Å². The van der Waals surface area contributed by atoms with Gasteiger partial charge in [0.2, 0.25) is 5.95 Å². The standard InChI is InChI=1S/C15H24N4S/c1-10-3-5-12(6-4-10)7-8-17-15-18-11(2)9-13(19-15)14(16)20/h9-10,12H,3-8H2,1-2H3,(H2,16,20)(H,17,18,19). The Balaban J connectivity index is 1.83. The molecule has 1 saturated carbocycles. The minimum atomic E-state index is 0.319. The fourth-order valence-electron chi connectivity index (χ4n) is 2.78. The lowest BCUT2D eigenvalue weighted by Gasteiger charge is -2.26. The first kappa shape index (κ1) is 15.2. The van der Waals surface area contributed by atoms with Crippen molar-refractivity contribution in [2.45, 2.75) is 46.0 Å². The van der Waals surface area contributed by atoms with Crippen LogP contribution in [-0.4, -0.2) is 21.5 Å². The summed E-state index contributed by atoms with van der Waals surface area (Å²) in [5.74, 6) is 2.39. The van der Waals surface area contributed by atoms with Gasteiger partial charge in [0.1, 0.15) is 10.7 Å². The van der Waals surface area contributed by atoms with Crippen molar-refractivity contribution in [2.24, 2.45) is 17.6 Å². The van der Waals surface area contributed by atoms with E-state index in [2.05, 4.69) is 22.2 Å². The Morgan fingerprint density at radius 2 is 2.05 bits per heavy atom. The number of anilines is 1. The zero-order valence-electron chi connectivity index (χ0n) is 12.4. The summed E-state index contributed by atoms with van der Waals surface area (Å²) in [6.07, 6.45) is 6.64. The van der Waals surface area contributed by atoms with Gasteiger partial charge < -0.3 is 11.1 Å². The van der Waals surface area contributed by atoms with E-state index in [1.807, 2.05) is 13.0 Å². The molecule has 0 radical (unpaired) electrons. The molecule has 1 heterocycles. The zero-order chi connectivity index (χ0) is 14.5. The summed E-state index contributed by atoms with van der Waals surface area (Å²) in [6.45, 7) is 5.20. The molecule has 1 aliphatic rings. The molecule has 20 heavy (non-hydrogen) atoms. The van der Waals surface area contributed by atoms with Crippen LogP contribution in [0.3, 0.4) is 0 Å². The van der Waals surface area contributed by atoms with Gasteiger partial charge in [-0.3, -0.25) is 0 Å². The number of aromatic nitrogens is 2. The predicted molar refractivity (Wildman–Crippen MR) is 86.9 cm³/mol. The van der Waals surface area contributed by atoms with Crippen molar-refractivity contribution in [3.8, 4) is 0 Å². The number of hydrogen-bond donors (Lipinski definition) is 2. The Kier molecular flexibility index (Phi) is 5.29. The highest BCUT2D eigenvalue weighted by Crippen LogP contribution is 2.30. The average molecular weight is 292 g/mol. The Hall–Kier alpha value is -1.23. The summed E-state index contributed by atoms with van der Waals surface area (Å²) in [5, 5.41) is 3.30. The monoisotopic (exact) mass is 292 g/mol. The van der Waals surface area contributed by atoms with E-state index in [4.69, 9.17) is 18.0 Å². The lowest BCUT2D eigenvalue weighted by atomic mass is 9.81. The number of thiocarbonyl (C=S) groups is 1.